The van der Waals surface area contributed by atoms with E-state index in [0.717, 1.165) is 16.8 Å². The fourth-order valence-electron chi connectivity index (χ4n) is 2.17. The molecule has 0 aliphatic carbocycles. The number of hydrogen-bond donors (Lipinski definition) is 0. The molecule has 0 atom stereocenters. The Morgan fingerprint density at radius 1 is 1.14 bits per heavy atom. The minimum Gasteiger partial charge on any atom is -0.469 e. The zero-order valence-corrected chi connectivity index (χ0v) is 12.2. The van der Waals surface area contributed by atoms with Gasteiger partial charge in [-0.3, -0.25) is 4.79 Å². The molecule has 2 aromatic carbocycles. The molecule has 0 saturated heterocycles. The van der Waals surface area contributed by atoms with Crippen LogP contribution in [0.15, 0.2) is 48.5 Å². The van der Waals surface area contributed by atoms with Gasteiger partial charge in [0.05, 0.1) is 13.5 Å². The third-order valence-electron chi connectivity index (χ3n) is 3.34. The van der Waals surface area contributed by atoms with Crippen LogP contribution in [0.4, 0.5) is 10.1 Å². The van der Waals surface area contributed by atoms with Crippen molar-refractivity contribution in [1.29, 1.82) is 0 Å². The number of esters is 1. The molecule has 0 aliphatic rings. The number of benzene rings is 2. The van der Waals surface area contributed by atoms with Gasteiger partial charge in [-0.15, -0.1) is 0 Å². The molecule has 2 rings (SSSR count). The van der Waals surface area contributed by atoms with Crippen molar-refractivity contribution in [3.05, 3.63) is 65.5 Å². The van der Waals surface area contributed by atoms with Gasteiger partial charge in [-0.1, -0.05) is 30.3 Å². The second-order valence-corrected chi connectivity index (χ2v) is 4.86. The van der Waals surface area contributed by atoms with Crippen LogP contribution < -0.4 is 4.90 Å². The topological polar surface area (TPSA) is 29.5 Å². The normalized spacial score (nSPS) is 10.2. The lowest BCUT2D eigenvalue weighted by molar-refractivity contribution is -0.139. The van der Waals surface area contributed by atoms with E-state index in [1.807, 2.05) is 42.3 Å². The van der Waals surface area contributed by atoms with Gasteiger partial charge in [0.25, 0.3) is 0 Å². The van der Waals surface area contributed by atoms with E-state index in [-0.39, 0.29) is 18.2 Å². The quantitative estimate of drug-likeness (QED) is 0.791. The monoisotopic (exact) mass is 287 g/mol. The summed E-state index contributed by atoms with van der Waals surface area (Å²) in [6.07, 6.45) is 0.240. The molecule has 0 saturated carbocycles. The van der Waals surface area contributed by atoms with Gasteiger partial charge in [-0.25, -0.2) is 4.39 Å². The Kier molecular flexibility index (Phi) is 4.93. The first-order valence-electron chi connectivity index (χ1n) is 6.70. The summed E-state index contributed by atoms with van der Waals surface area (Å²) >= 11 is 0. The Bertz CT molecular complexity index is 628. The van der Waals surface area contributed by atoms with Crippen LogP contribution in [0.25, 0.3) is 0 Å². The number of carbonyl (C=O) groups excluding carboxylic acids is 1. The summed E-state index contributed by atoms with van der Waals surface area (Å²) in [6.45, 7) is 0.594. The molecule has 21 heavy (non-hydrogen) atoms. The number of ether oxygens (including phenoxy) is 1. The summed E-state index contributed by atoms with van der Waals surface area (Å²) in [5.74, 6) is -0.530. The third-order valence-corrected chi connectivity index (χ3v) is 3.34. The van der Waals surface area contributed by atoms with Crippen molar-refractivity contribution < 1.29 is 13.9 Å². The van der Waals surface area contributed by atoms with Crippen molar-refractivity contribution in [1.82, 2.24) is 0 Å². The molecule has 0 heterocycles. The minimum atomic E-state index is -0.268. The average Bonchev–Trinajstić information content (AvgIpc) is 2.49. The number of rotatable bonds is 5. The Balaban J connectivity index is 2.17. The van der Waals surface area contributed by atoms with E-state index >= 15 is 0 Å². The highest BCUT2D eigenvalue weighted by molar-refractivity contribution is 5.73. The maximum atomic E-state index is 13.3. The fourth-order valence-corrected chi connectivity index (χ4v) is 2.17. The fraction of sp³-hybridized carbons (Fsp3) is 0.235. The van der Waals surface area contributed by atoms with E-state index in [2.05, 4.69) is 0 Å². The molecule has 0 spiro atoms. The molecule has 0 bridgehead atoms. The maximum absolute atomic E-state index is 13.3. The number of carbonyl (C=O) groups is 1. The Morgan fingerprint density at radius 2 is 1.86 bits per heavy atom. The van der Waals surface area contributed by atoms with Crippen LogP contribution in [-0.2, 0) is 22.5 Å². The highest BCUT2D eigenvalue weighted by atomic mass is 19.1. The number of hydrogen-bond acceptors (Lipinski definition) is 3. The van der Waals surface area contributed by atoms with Crippen molar-refractivity contribution in [3.63, 3.8) is 0 Å². The molecule has 0 aromatic heterocycles. The smallest absolute Gasteiger partial charge is 0.309 e. The van der Waals surface area contributed by atoms with E-state index in [0.29, 0.717) is 6.54 Å². The predicted octanol–water partition coefficient (Wildman–Crippen LogP) is 3.18. The predicted molar refractivity (Wildman–Crippen MR) is 80.7 cm³/mol. The van der Waals surface area contributed by atoms with Crippen molar-refractivity contribution in [3.8, 4) is 0 Å². The summed E-state index contributed by atoms with van der Waals surface area (Å²) < 4.78 is 18.0. The van der Waals surface area contributed by atoms with Crippen molar-refractivity contribution in [2.24, 2.45) is 0 Å². The lowest BCUT2D eigenvalue weighted by atomic mass is 10.0. The van der Waals surface area contributed by atoms with Gasteiger partial charge in [0.15, 0.2) is 0 Å². The number of nitrogens with zero attached hydrogens (tertiary/aromatic N) is 1. The minimum absolute atomic E-state index is 0.240. The Labute approximate surface area is 124 Å². The van der Waals surface area contributed by atoms with Crippen LogP contribution in [0.1, 0.15) is 11.1 Å². The van der Waals surface area contributed by atoms with Gasteiger partial charge >= 0.3 is 5.97 Å². The van der Waals surface area contributed by atoms with Crippen LogP contribution in [0.2, 0.25) is 0 Å². The van der Waals surface area contributed by atoms with E-state index in [1.54, 1.807) is 6.07 Å². The average molecular weight is 287 g/mol. The molecule has 0 fully saturated rings. The third kappa shape index (κ3) is 4.05. The second-order valence-electron chi connectivity index (χ2n) is 4.86. The molecule has 2 aromatic rings. The van der Waals surface area contributed by atoms with Crippen LogP contribution in [0, 0.1) is 5.82 Å². The highest BCUT2D eigenvalue weighted by Gasteiger charge is 2.10. The summed E-state index contributed by atoms with van der Waals surface area (Å²) in [5.41, 5.74) is 2.74. The molecule has 0 unspecified atom stereocenters. The molecule has 0 amide bonds. The lowest BCUT2D eigenvalue weighted by Crippen LogP contribution is -2.18. The van der Waals surface area contributed by atoms with E-state index < -0.39 is 0 Å². The lowest BCUT2D eigenvalue weighted by Gasteiger charge is -2.21. The zero-order chi connectivity index (χ0) is 15.2. The van der Waals surface area contributed by atoms with Crippen molar-refractivity contribution in [2.75, 3.05) is 19.1 Å². The Morgan fingerprint density at radius 3 is 2.52 bits per heavy atom. The van der Waals surface area contributed by atoms with Crippen LogP contribution in [-0.4, -0.2) is 20.1 Å². The van der Waals surface area contributed by atoms with Crippen molar-refractivity contribution in [2.45, 2.75) is 13.0 Å². The molecule has 4 heteroatoms. The summed E-state index contributed by atoms with van der Waals surface area (Å²) in [7, 11) is 3.27. The molecule has 0 radical (unpaired) electrons. The largest absolute Gasteiger partial charge is 0.469 e. The molecular weight excluding hydrogens is 269 g/mol. The standard InChI is InChI=1S/C17H18FNO2/c1-19(16-9-5-8-15(18)11-16)12-14-7-4-3-6-13(14)10-17(20)21-2/h3-9,11H,10,12H2,1-2H3. The van der Waals surface area contributed by atoms with E-state index in [1.165, 1.54) is 19.2 Å². The Hall–Kier alpha value is -2.36. The first kappa shape index (κ1) is 15.0. The van der Waals surface area contributed by atoms with Crippen LogP contribution in [0.5, 0.6) is 0 Å². The summed E-state index contributed by atoms with van der Waals surface area (Å²) in [6, 6.07) is 14.1. The molecular formula is C17H18FNO2. The maximum Gasteiger partial charge on any atom is 0.309 e. The number of methoxy groups -OCH3 is 1. The van der Waals surface area contributed by atoms with Gasteiger partial charge in [0.1, 0.15) is 5.82 Å². The molecule has 0 N–H and O–H groups in total. The highest BCUT2D eigenvalue weighted by Crippen LogP contribution is 2.19. The number of halogens is 1. The van der Waals surface area contributed by atoms with Crippen LogP contribution in [0.3, 0.4) is 0 Å². The van der Waals surface area contributed by atoms with Gasteiger partial charge in [-0.05, 0) is 29.3 Å². The molecule has 0 aliphatic heterocycles. The zero-order valence-electron chi connectivity index (χ0n) is 12.2. The number of anilines is 1. The van der Waals surface area contributed by atoms with Crippen LogP contribution >= 0.6 is 0 Å². The van der Waals surface area contributed by atoms with E-state index in [9.17, 15) is 9.18 Å². The van der Waals surface area contributed by atoms with Gasteiger partial charge in [0.2, 0.25) is 0 Å². The van der Waals surface area contributed by atoms with Gasteiger partial charge < -0.3 is 9.64 Å². The van der Waals surface area contributed by atoms with E-state index in [4.69, 9.17) is 4.74 Å². The summed E-state index contributed by atoms with van der Waals surface area (Å²) in [5, 5.41) is 0. The first-order chi connectivity index (χ1) is 10.1. The summed E-state index contributed by atoms with van der Waals surface area (Å²) in [4.78, 5) is 13.4. The van der Waals surface area contributed by atoms with Gasteiger partial charge in [-0.2, -0.15) is 0 Å². The molecule has 3 nitrogen and oxygen atoms in total. The SMILES string of the molecule is COC(=O)Cc1ccccc1CN(C)c1cccc(F)c1. The first-order valence-corrected chi connectivity index (χ1v) is 6.70. The van der Waals surface area contributed by atoms with Gasteiger partial charge in [0, 0.05) is 19.3 Å². The second kappa shape index (κ2) is 6.88. The van der Waals surface area contributed by atoms with Crippen molar-refractivity contribution >= 4 is 11.7 Å². The molecule has 110 valence electrons.